The van der Waals surface area contributed by atoms with Crippen molar-refractivity contribution in [3.63, 3.8) is 0 Å². The molecule has 0 atom stereocenters. The molecule has 29 heavy (non-hydrogen) atoms. The molecule has 1 aliphatic rings. The third-order valence-electron chi connectivity index (χ3n) is 4.31. The molecule has 0 bridgehead atoms. The minimum Gasteiger partial charge on any atom is -0.478 e. The fourth-order valence-electron chi connectivity index (χ4n) is 2.93. The second-order valence-corrected chi connectivity index (χ2v) is 7.08. The van der Waals surface area contributed by atoms with Crippen LogP contribution in [0.2, 0.25) is 0 Å². The van der Waals surface area contributed by atoms with Crippen LogP contribution in [0, 0.1) is 0 Å². The van der Waals surface area contributed by atoms with E-state index in [1.807, 2.05) is 0 Å². The summed E-state index contributed by atoms with van der Waals surface area (Å²) in [7, 11) is 0. The highest BCUT2D eigenvalue weighted by Crippen LogP contribution is 2.28. The van der Waals surface area contributed by atoms with E-state index in [-0.39, 0.29) is 16.9 Å². The van der Waals surface area contributed by atoms with Crippen LogP contribution in [0.5, 0.6) is 0 Å². The molecular formula is C21H13BrN2O5. The van der Waals surface area contributed by atoms with Crippen LogP contribution < -0.4 is 10.4 Å². The Morgan fingerprint density at radius 3 is 2.48 bits per heavy atom. The van der Waals surface area contributed by atoms with Crippen LogP contribution in [0.25, 0.3) is 17.4 Å². The molecule has 1 saturated heterocycles. The van der Waals surface area contributed by atoms with E-state index in [1.54, 1.807) is 54.6 Å². The first-order chi connectivity index (χ1) is 13.9. The highest BCUT2D eigenvalue weighted by atomic mass is 79.9. The molecule has 7 nitrogen and oxygen atoms in total. The van der Waals surface area contributed by atoms with Crippen molar-refractivity contribution >= 4 is 45.5 Å². The van der Waals surface area contributed by atoms with Gasteiger partial charge in [0.25, 0.3) is 11.8 Å². The Morgan fingerprint density at radius 1 is 1.03 bits per heavy atom. The predicted octanol–water partition coefficient (Wildman–Crippen LogP) is 3.87. The molecule has 8 heteroatoms. The van der Waals surface area contributed by atoms with Crippen LogP contribution in [0.1, 0.15) is 16.1 Å². The summed E-state index contributed by atoms with van der Waals surface area (Å²) in [6.07, 6.45) is 1.34. The lowest BCUT2D eigenvalue weighted by atomic mass is 10.1. The number of carbonyl (C=O) groups is 3. The molecule has 0 aliphatic carbocycles. The summed E-state index contributed by atoms with van der Waals surface area (Å²) in [6, 6.07) is 16.5. The molecule has 2 amide bonds. The van der Waals surface area contributed by atoms with Gasteiger partial charge in [0.15, 0.2) is 0 Å². The SMILES string of the molecule is O=C1NN(c2ccc(Br)cc2)C(=O)C1=Cc1ccc(-c2ccccc2C(=O)O)o1. The summed E-state index contributed by atoms with van der Waals surface area (Å²) in [5.41, 5.74) is 3.45. The van der Waals surface area contributed by atoms with Crippen molar-refractivity contribution in [1.82, 2.24) is 5.43 Å². The smallest absolute Gasteiger partial charge is 0.336 e. The summed E-state index contributed by atoms with van der Waals surface area (Å²) < 4.78 is 6.53. The van der Waals surface area contributed by atoms with E-state index in [0.29, 0.717) is 17.0 Å². The van der Waals surface area contributed by atoms with Gasteiger partial charge in [-0.2, -0.15) is 0 Å². The minimum atomic E-state index is -1.08. The maximum Gasteiger partial charge on any atom is 0.336 e. The lowest BCUT2D eigenvalue weighted by Crippen LogP contribution is -2.35. The van der Waals surface area contributed by atoms with Crippen LogP contribution >= 0.6 is 15.9 Å². The van der Waals surface area contributed by atoms with E-state index < -0.39 is 17.8 Å². The van der Waals surface area contributed by atoms with Crippen molar-refractivity contribution in [3.8, 4) is 11.3 Å². The second-order valence-electron chi connectivity index (χ2n) is 6.17. The molecule has 2 heterocycles. The van der Waals surface area contributed by atoms with E-state index in [0.717, 1.165) is 9.48 Å². The van der Waals surface area contributed by atoms with Gasteiger partial charge >= 0.3 is 5.97 Å². The average molecular weight is 453 g/mol. The Kier molecular flexibility index (Phi) is 4.77. The van der Waals surface area contributed by atoms with Gasteiger partial charge in [-0.15, -0.1) is 0 Å². The average Bonchev–Trinajstić information content (AvgIpc) is 3.29. The van der Waals surface area contributed by atoms with Crippen LogP contribution in [0.4, 0.5) is 5.69 Å². The molecule has 1 aromatic heterocycles. The van der Waals surface area contributed by atoms with Crippen LogP contribution in [0.15, 0.2) is 75.1 Å². The molecule has 2 aromatic carbocycles. The number of carboxylic acid groups (broad SMARTS) is 1. The maximum atomic E-state index is 12.7. The Morgan fingerprint density at radius 2 is 1.76 bits per heavy atom. The molecule has 4 rings (SSSR count). The summed E-state index contributed by atoms with van der Waals surface area (Å²) in [4.78, 5) is 36.4. The van der Waals surface area contributed by atoms with Crippen LogP contribution in [-0.2, 0) is 9.59 Å². The van der Waals surface area contributed by atoms with Crippen LogP contribution in [-0.4, -0.2) is 22.9 Å². The number of carbonyl (C=O) groups excluding carboxylic acids is 2. The third-order valence-corrected chi connectivity index (χ3v) is 4.84. The number of hydrogen-bond donors (Lipinski definition) is 2. The Balaban J connectivity index is 1.64. The van der Waals surface area contributed by atoms with Crippen molar-refractivity contribution in [3.05, 3.63) is 82.0 Å². The number of benzene rings is 2. The molecule has 3 aromatic rings. The van der Waals surface area contributed by atoms with E-state index in [4.69, 9.17) is 4.42 Å². The van der Waals surface area contributed by atoms with Gasteiger partial charge in [0.1, 0.15) is 17.1 Å². The number of furan rings is 1. The van der Waals surface area contributed by atoms with Gasteiger partial charge in [-0.3, -0.25) is 15.0 Å². The van der Waals surface area contributed by atoms with Gasteiger partial charge in [0.05, 0.1) is 11.3 Å². The van der Waals surface area contributed by atoms with Crippen molar-refractivity contribution in [2.75, 3.05) is 5.01 Å². The largest absolute Gasteiger partial charge is 0.478 e. The summed E-state index contributed by atoms with van der Waals surface area (Å²) in [5.74, 6) is -1.56. The summed E-state index contributed by atoms with van der Waals surface area (Å²) in [5, 5.41) is 10.5. The molecule has 2 N–H and O–H groups in total. The number of amides is 2. The van der Waals surface area contributed by atoms with E-state index >= 15 is 0 Å². The number of anilines is 1. The first-order valence-corrected chi connectivity index (χ1v) is 9.28. The quantitative estimate of drug-likeness (QED) is 0.462. The number of halogens is 1. The Bertz CT molecular complexity index is 1160. The van der Waals surface area contributed by atoms with Crippen molar-refractivity contribution in [1.29, 1.82) is 0 Å². The normalized spacial score (nSPS) is 15.1. The van der Waals surface area contributed by atoms with Gasteiger partial charge < -0.3 is 9.52 Å². The predicted molar refractivity (Wildman–Crippen MR) is 109 cm³/mol. The maximum absolute atomic E-state index is 12.7. The molecule has 1 aliphatic heterocycles. The molecule has 0 radical (unpaired) electrons. The zero-order valence-electron chi connectivity index (χ0n) is 14.8. The summed E-state index contributed by atoms with van der Waals surface area (Å²) >= 11 is 3.32. The van der Waals surface area contributed by atoms with Crippen molar-refractivity contribution in [2.24, 2.45) is 0 Å². The fourth-order valence-corrected chi connectivity index (χ4v) is 3.20. The van der Waals surface area contributed by atoms with E-state index in [2.05, 4.69) is 21.4 Å². The Labute approximate surface area is 173 Å². The minimum absolute atomic E-state index is 0.0830. The number of carboxylic acids is 1. The van der Waals surface area contributed by atoms with Gasteiger partial charge in [0.2, 0.25) is 0 Å². The molecule has 0 spiro atoms. The van der Waals surface area contributed by atoms with Gasteiger partial charge in [-0.25, -0.2) is 9.80 Å². The van der Waals surface area contributed by atoms with Crippen molar-refractivity contribution in [2.45, 2.75) is 0 Å². The highest BCUT2D eigenvalue weighted by Gasteiger charge is 2.34. The van der Waals surface area contributed by atoms with Crippen LogP contribution in [0.3, 0.4) is 0 Å². The molecular weight excluding hydrogens is 440 g/mol. The lowest BCUT2D eigenvalue weighted by Gasteiger charge is -2.14. The fraction of sp³-hybridized carbons (Fsp3) is 0. The van der Waals surface area contributed by atoms with Gasteiger partial charge in [0, 0.05) is 10.0 Å². The van der Waals surface area contributed by atoms with Crippen molar-refractivity contribution < 1.29 is 23.9 Å². The standard InChI is InChI=1S/C21H13BrN2O5/c22-12-5-7-13(8-6-12)24-20(26)17(19(25)23-24)11-14-9-10-18(29-14)15-3-1-2-4-16(15)21(27)28/h1-11H,(H,23,25)(H,27,28). The first kappa shape index (κ1) is 18.7. The number of nitrogens with one attached hydrogen (secondary N) is 1. The zero-order chi connectivity index (χ0) is 20.5. The monoisotopic (exact) mass is 452 g/mol. The number of hydrogen-bond acceptors (Lipinski definition) is 4. The topological polar surface area (TPSA) is 99.9 Å². The molecule has 1 fully saturated rings. The summed E-state index contributed by atoms with van der Waals surface area (Å²) in [6.45, 7) is 0. The van der Waals surface area contributed by atoms with Gasteiger partial charge in [-0.05, 0) is 48.5 Å². The lowest BCUT2D eigenvalue weighted by molar-refractivity contribution is -0.117. The van der Waals surface area contributed by atoms with Gasteiger partial charge in [-0.1, -0.05) is 34.1 Å². The third kappa shape index (κ3) is 3.57. The highest BCUT2D eigenvalue weighted by molar-refractivity contribution is 9.10. The van der Waals surface area contributed by atoms with E-state index in [1.165, 1.54) is 12.1 Å². The number of aromatic carboxylic acids is 1. The zero-order valence-corrected chi connectivity index (χ0v) is 16.3. The second kappa shape index (κ2) is 7.40. The number of rotatable bonds is 4. The first-order valence-electron chi connectivity index (χ1n) is 8.49. The Hall–Kier alpha value is -3.65. The molecule has 0 unspecified atom stereocenters. The van der Waals surface area contributed by atoms with E-state index in [9.17, 15) is 19.5 Å². The number of nitrogens with zero attached hydrogens (tertiary/aromatic N) is 1. The molecule has 144 valence electrons. The number of hydrazine groups is 1. The molecule has 0 saturated carbocycles.